The molecule has 0 unspecified atom stereocenters. The number of aliphatic imine (C=N–C) groups is 1. The van der Waals surface area contributed by atoms with Crippen molar-refractivity contribution in [2.24, 2.45) is 55.7 Å². The number of aliphatic hydroxyl groups excluding tert-OH is 2. The Morgan fingerprint density at radius 2 is 1.69 bits per heavy atom. The maximum absolute atomic E-state index is 15.8. The van der Waals surface area contributed by atoms with Crippen molar-refractivity contribution in [3.63, 3.8) is 0 Å². The van der Waals surface area contributed by atoms with Crippen molar-refractivity contribution >= 4 is 17.8 Å². The van der Waals surface area contributed by atoms with Crippen LogP contribution in [0.2, 0.25) is 0 Å². The van der Waals surface area contributed by atoms with Gasteiger partial charge in [0, 0.05) is 67.2 Å². The summed E-state index contributed by atoms with van der Waals surface area (Å²) in [6.45, 7) is 20.9. The highest BCUT2D eigenvalue weighted by Gasteiger charge is 2.77. The summed E-state index contributed by atoms with van der Waals surface area (Å²) in [6, 6.07) is 7.15. The van der Waals surface area contributed by atoms with Gasteiger partial charge in [0.15, 0.2) is 5.78 Å². The molecule has 1 spiro atoms. The topological polar surface area (TPSA) is 112 Å². The summed E-state index contributed by atoms with van der Waals surface area (Å²) in [7, 11) is 0. The fourth-order valence-electron chi connectivity index (χ4n) is 17.2. The maximum atomic E-state index is 15.8. The van der Waals surface area contributed by atoms with E-state index >= 15 is 4.79 Å². The molecule has 0 amide bonds. The van der Waals surface area contributed by atoms with Gasteiger partial charge in [-0.15, -0.1) is 0 Å². The Balaban J connectivity index is 1.05. The van der Waals surface area contributed by atoms with E-state index in [1.54, 1.807) is 0 Å². The van der Waals surface area contributed by atoms with E-state index in [0.717, 1.165) is 95.2 Å². The van der Waals surface area contributed by atoms with Crippen LogP contribution in [0, 0.1) is 57.7 Å². The van der Waals surface area contributed by atoms with Gasteiger partial charge in [0.2, 0.25) is 0 Å². The van der Waals surface area contributed by atoms with Crippen LogP contribution in [-0.4, -0.2) is 83.1 Å². The van der Waals surface area contributed by atoms with Crippen LogP contribution >= 0.6 is 0 Å². The number of allylic oxidation sites excluding steroid dienone is 2. The Morgan fingerprint density at radius 1 is 0.935 bits per heavy atom. The fourth-order valence-corrected chi connectivity index (χ4v) is 17.2. The Hall–Kier alpha value is -2.91. The SMILES string of the molecule is Cc1cc(CC2=C3N=CC4=C3N(C2)C[C@@H]2C3=C(C(=O)[C@H]5CCC[C@]6(CC[C@H]7C(C)(C)C(=O)CC[C@]7(C)[C@@H]6[C@@H]2O)[C@]35C)[C@](C)(C[C@@H](O)[C@@H]2OC2(C)C)CC4)cc(C2CCOCC2)c1. The summed E-state index contributed by atoms with van der Waals surface area (Å²) in [5.74, 6) is 0.905. The number of hydrogen-bond donors (Lipinski definition) is 2. The summed E-state index contributed by atoms with van der Waals surface area (Å²) in [6.07, 6.45) is 11.4. The summed E-state index contributed by atoms with van der Waals surface area (Å²) >= 11 is 0. The van der Waals surface area contributed by atoms with E-state index in [1.807, 2.05) is 13.8 Å². The summed E-state index contributed by atoms with van der Waals surface area (Å²) in [5.41, 5.74) is 8.68. The normalized spacial score (nSPS) is 42.2. The number of aliphatic hydroxyl groups is 2. The molecule has 0 bridgehead atoms. The molecule has 11 atom stereocenters. The van der Waals surface area contributed by atoms with Gasteiger partial charge < -0.3 is 24.6 Å². The molecule has 5 heterocycles. The van der Waals surface area contributed by atoms with E-state index in [4.69, 9.17) is 14.5 Å². The number of hydrogen-bond acceptors (Lipinski definition) is 8. The van der Waals surface area contributed by atoms with E-state index in [2.05, 4.69) is 70.9 Å². The third kappa shape index (κ3) is 5.66. The lowest BCUT2D eigenvalue weighted by atomic mass is 9.31. The molecule has 2 N–H and O–H groups in total. The first-order chi connectivity index (χ1) is 29.3. The third-order valence-corrected chi connectivity index (χ3v) is 20.0. The number of fused-ring (bicyclic) bond motifs is 2. The Labute approximate surface area is 370 Å². The molecule has 62 heavy (non-hydrogen) atoms. The molecule has 10 aliphatic rings. The number of ketones is 2. The van der Waals surface area contributed by atoms with Crippen LogP contribution in [0.3, 0.4) is 0 Å². The molecule has 4 saturated carbocycles. The predicted octanol–water partition coefficient (Wildman–Crippen LogP) is 9.15. The second-order valence-corrected chi connectivity index (χ2v) is 24.0. The molecule has 0 radical (unpaired) electrons. The van der Waals surface area contributed by atoms with Crippen LogP contribution in [0.15, 0.2) is 56.9 Å². The Kier molecular flexibility index (Phi) is 9.30. The molecule has 334 valence electrons. The highest BCUT2D eigenvalue weighted by molar-refractivity contribution is 6.04. The summed E-state index contributed by atoms with van der Waals surface area (Å²) < 4.78 is 11.8. The fraction of sp³-hybridized carbons (Fsp3) is 0.722. The number of rotatable bonds is 6. The molecule has 2 saturated heterocycles. The highest BCUT2D eigenvalue weighted by atomic mass is 16.6. The van der Waals surface area contributed by atoms with Gasteiger partial charge in [-0.2, -0.15) is 0 Å². The average Bonchev–Trinajstić information content (AvgIpc) is 3.45. The van der Waals surface area contributed by atoms with Crippen LogP contribution in [0.4, 0.5) is 0 Å². The van der Waals surface area contributed by atoms with Crippen molar-refractivity contribution in [3.8, 4) is 0 Å². The van der Waals surface area contributed by atoms with E-state index in [1.165, 1.54) is 39.1 Å². The van der Waals surface area contributed by atoms with Gasteiger partial charge in [0.1, 0.15) is 11.9 Å². The van der Waals surface area contributed by atoms with E-state index < -0.39 is 28.5 Å². The number of benzene rings is 1. The predicted molar refractivity (Wildman–Crippen MR) is 240 cm³/mol. The molecular weight excluding hydrogens is 773 g/mol. The first kappa shape index (κ1) is 41.8. The molecule has 5 aliphatic heterocycles. The molecule has 11 rings (SSSR count). The van der Waals surface area contributed by atoms with Crippen molar-refractivity contribution in [1.82, 2.24) is 4.90 Å². The lowest BCUT2D eigenvalue weighted by molar-refractivity contribution is -0.243. The minimum absolute atomic E-state index is 0.0334. The zero-order chi connectivity index (χ0) is 43.5. The summed E-state index contributed by atoms with van der Waals surface area (Å²) in [5, 5.41) is 25.8. The first-order valence-corrected chi connectivity index (χ1v) is 24.6. The lowest BCUT2D eigenvalue weighted by Crippen LogP contribution is -2.70. The maximum Gasteiger partial charge on any atom is 0.163 e. The number of carbonyl (C=O) groups is 2. The number of epoxide rings is 1. The van der Waals surface area contributed by atoms with Crippen LogP contribution in [0.1, 0.15) is 148 Å². The van der Waals surface area contributed by atoms with Crippen molar-refractivity contribution in [2.45, 2.75) is 169 Å². The van der Waals surface area contributed by atoms with Crippen molar-refractivity contribution < 1.29 is 29.3 Å². The van der Waals surface area contributed by atoms with Gasteiger partial charge >= 0.3 is 0 Å². The van der Waals surface area contributed by atoms with Crippen LogP contribution in [0.5, 0.6) is 0 Å². The zero-order valence-corrected chi connectivity index (χ0v) is 38.9. The van der Waals surface area contributed by atoms with Gasteiger partial charge in [-0.3, -0.25) is 14.6 Å². The summed E-state index contributed by atoms with van der Waals surface area (Å²) in [4.78, 5) is 37.3. The molecular formula is C54H72N2O6. The zero-order valence-electron chi connectivity index (χ0n) is 38.9. The Morgan fingerprint density at radius 3 is 2.44 bits per heavy atom. The second-order valence-electron chi connectivity index (χ2n) is 24.0. The minimum Gasteiger partial charge on any atom is -0.392 e. The Bertz CT molecular complexity index is 2260. The van der Waals surface area contributed by atoms with E-state index in [9.17, 15) is 15.0 Å². The quantitative estimate of drug-likeness (QED) is 0.275. The molecule has 6 fully saturated rings. The second kappa shape index (κ2) is 13.8. The molecule has 8 nitrogen and oxygen atoms in total. The largest absolute Gasteiger partial charge is 0.392 e. The van der Waals surface area contributed by atoms with Crippen molar-refractivity contribution in [1.29, 1.82) is 0 Å². The number of carbonyl (C=O) groups excluding carboxylic acids is 2. The first-order valence-electron chi connectivity index (χ1n) is 24.6. The molecule has 1 aromatic rings. The number of nitrogens with zero attached hydrogens (tertiary/aromatic N) is 2. The lowest BCUT2D eigenvalue weighted by Gasteiger charge is -2.73. The van der Waals surface area contributed by atoms with Crippen LogP contribution in [0.25, 0.3) is 0 Å². The number of aryl methyl sites for hydroxylation is 1. The van der Waals surface area contributed by atoms with Gasteiger partial charge in [0.25, 0.3) is 0 Å². The van der Waals surface area contributed by atoms with Gasteiger partial charge in [0.05, 0.1) is 29.2 Å². The van der Waals surface area contributed by atoms with Crippen molar-refractivity contribution in [3.05, 3.63) is 68.6 Å². The smallest absolute Gasteiger partial charge is 0.163 e. The average molecular weight is 845 g/mol. The number of Topliss-reactive ketones (excluding diaryl/α,β-unsaturated/α-hetero) is 2. The monoisotopic (exact) mass is 845 g/mol. The molecule has 5 aliphatic carbocycles. The molecule has 0 aromatic heterocycles. The van der Waals surface area contributed by atoms with Gasteiger partial charge in [-0.05, 0) is 153 Å². The third-order valence-electron chi connectivity index (χ3n) is 20.0. The highest BCUT2D eigenvalue weighted by Crippen LogP contribution is 2.79. The molecule has 8 heteroatoms. The molecule has 1 aromatic carbocycles. The van der Waals surface area contributed by atoms with E-state index in [0.29, 0.717) is 37.5 Å². The van der Waals surface area contributed by atoms with Crippen molar-refractivity contribution in [2.75, 3.05) is 26.3 Å². The van der Waals surface area contributed by atoms with Crippen LogP contribution in [-0.2, 0) is 25.5 Å². The van der Waals surface area contributed by atoms with Gasteiger partial charge in [-0.1, -0.05) is 64.8 Å². The minimum atomic E-state index is -0.709. The van der Waals surface area contributed by atoms with Gasteiger partial charge in [-0.25, -0.2) is 0 Å². The standard InChI is InChI=1S/C54H72N2O6/c1-30-22-31(24-34(23-30)32-14-20-61-21-15-32)25-35-28-56-29-36-41-42(51(6,26-38(57)48-50(4,5)62-48)17-11-33-27-55-43(35)44(33)56)46(60)37-10-9-16-54(53(37,41)8)19-12-39-49(2,3)40(58)13-18-52(39,7)47(54)45(36)59/h22-24,27,32,36-39,45,47-48,57,59H,9-21,25-26,28-29H2,1-8H3/t36-,37-,38-,39+,45-,47+,48+,51+,52+,53+,54-/m1/s1. The number of ether oxygens (including phenoxy) is 2. The van der Waals surface area contributed by atoms with Crippen LogP contribution < -0.4 is 0 Å². The van der Waals surface area contributed by atoms with E-state index in [-0.39, 0.29) is 52.0 Å².